The van der Waals surface area contributed by atoms with Crippen molar-refractivity contribution in [1.29, 1.82) is 0 Å². The number of hydrogen-bond acceptors (Lipinski definition) is 5. The van der Waals surface area contributed by atoms with Gasteiger partial charge in [-0.05, 0) is 69.7 Å². The quantitative estimate of drug-likeness (QED) is 0.516. The number of piperidine rings is 1. The molecule has 194 valence electrons. The van der Waals surface area contributed by atoms with Gasteiger partial charge in [0.05, 0.1) is 11.5 Å². The Bertz CT molecular complexity index is 1130. The SMILES string of the molecule is CC(C)(C)OC(=O)N1CCCC2(CC(c3cc(OC(F)(F)F)ccc3O)CC2=O)C1c1ccccc1. The smallest absolute Gasteiger partial charge is 0.508 e. The minimum Gasteiger partial charge on any atom is -0.508 e. The van der Waals surface area contributed by atoms with Gasteiger partial charge in [-0.2, -0.15) is 0 Å². The number of phenolic OH excluding ortho intramolecular Hbond substituents is 1. The average Bonchev–Trinajstić information content (AvgIpc) is 3.09. The Morgan fingerprint density at radius 1 is 1.11 bits per heavy atom. The number of carbonyl (C=O) groups is 2. The first kappa shape index (κ1) is 25.9. The number of halogens is 3. The molecule has 1 saturated carbocycles. The predicted octanol–water partition coefficient (Wildman–Crippen LogP) is 6.50. The van der Waals surface area contributed by atoms with Crippen molar-refractivity contribution in [3.8, 4) is 11.5 Å². The molecule has 2 fully saturated rings. The van der Waals surface area contributed by atoms with Crippen LogP contribution in [0.5, 0.6) is 11.5 Å². The number of hydrogen-bond donors (Lipinski definition) is 1. The summed E-state index contributed by atoms with van der Waals surface area (Å²) in [5, 5.41) is 10.5. The molecule has 1 amide bonds. The van der Waals surface area contributed by atoms with Crippen LogP contribution >= 0.6 is 0 Å². The van der Waals surface area contributed by atoms with Gasteiger partial charge in [0, 0.05) is 18.5 Å². The van der Waals surface area contributed by atoms with Crippen LogP contribution in [0.3, 0.4) is 0 Å². The summed E-state index contributed by atoms with van der Waals surface area (Å²) in [6, 6.07) is 12.0. The van der Waals surface area contributed by atoms with E-state index in [1.165, 1.54) is 0 Å². The lowest BCUT2D eigenvalue weighted by atomic mass is 9.68. The molecule has 6 nitrogen and oxygen atoms in total. The van der Waals surface area contributed by atoms with Crippen molar-refractivity contribution in [2.24, 2.45) is 5.41 Å². The minimum absolute atomic E-state index is 0.0362. The van der Waals surface area contributed by atoms with E-state index in [9.17, 15) is 27.9 Å². The van der Waals surface area contributed by atoms with E-state index in [1.807, 2.05) is 30.3 Å². The zero-order chi connectivity index (χ0) is 26.3. The molecule has 3 unspecified atom stereocenters. The highest BCUT2D eigenvalue weighted by molar-refractivity contribution is 5.90. The maximum atomic E-state index is 13.7. The second-order valence-corrected chi connectivity index (χ2v) is 10.5. The van der Waals surface area contributed by atoms with Crippen molar-refractivity contribution in [2.45, 2.75) is 70.4 Å². The highest BCUT2D eigenvalue weighted by Crippen LogP contribution is 2.58. The molecular formula is C27H30F3NO5. The van der Waals surface area contributed by atoms with Crippen molar-refractivity contribution in [3.05, 3.63) is 59.7 Å². The molecule has 1 spiro atoms. The second kappa shape index (κ2) is 9.33. The molecule has 1 aliphatic carbocycles. The molecule has 0 bridgehead atoms. The third-order valence-electron chi connectivity index (χ3n) is 6.87. The van der Waals surface area contributed by atoms with Gasteiger partial charge in [0.25, 0.3) is 0 Å². The molecule has 36 heavy (non-hydrogen) atoms. The van der Waals surface area contributed by atoms with Crippen LogP contribution < -0.4 is 4.74 Å². The molecule has 9 heteroatoms. The number of ketones is 1. The van der Waals surface area contributed by atoms with Gasteiger partial charge < -0.3 is 19.5 Å². The Morgan fingerprint density at radius 3 is 2.44 bits per heavy atom. The Balaban J connectivity index is 1.73. The van der Waals surface area contributed by atoms with Gasteiger partial charge in [-0.15, -0.1) is 13.2 Å². The fourth-order valence-corrected chi connectivity index (χ4v) is 5.62. The molecule has 1 saturated heterocycles. The lowest BCUT2D eigenvalue weighted by Gasteiger charge is -2.47. The van der Waals surface area contributed by atoms with Gasteiger partial charge in [0.2, 0.25) is 0 Å². The summed E-state index contributed by atoms with van der Waals surface area (Å²) >= 11 is 0. The number of alkyl halides is 3. The van der Waals surface area contributed by atoms with Gasteiger partial charge in [-0.25, -0.2) is 4.79 Å². The van der Waals surface area contributed by atoms with E-state index in [4.69, 9.17) is 4.74 Å². The van der Waals surface area contributed by atoms with E-state index < -0.39 is 41.2 Å². The van der Waals surface area contributed by atoms with Crippen molar-refractivity contribution >= 4 is 11.9 Å². The van der Waals surface area contributed by atoms with Crippen molar-refractivity contribution in [2.75, 3.05) is 6.54 Å². The lowest BCUT2D eigenvalue weighted by molar-refractivity contribution is -0.274. The van der Waals surface area contributed by atoms with Crippen molar-refractivity contribution < 1.29 is 37.3 Å². The highest BCUT2D eigenvalue weighted by Gasteiger charge is 2.57. The third-order valence-corrected chi connectivity index (χ3v) is 6.87. The summed E-state index contributed by atoms with van der Waals surface area (Å²) in [7, 11) is 0. The zero-order valence-corrected chi connectivity index (χ0v) is 20.5. The van der Waals surface area contributed by atoms with E-state index in [1.54, 1.807) is 25.7 Å². The number of ether oxygens (including phenoxy) is 2. The summed E-state index contributed by atoms with van der Waals surface area (Å²) in [6.07, 6.45) is -4.00. The molecule has 1 N–H and O–H groups in total. The monoisotopic (exact) mass is 505 g/mol. The molecular weight excluding hydrogens is 475 g/mol. The normalized spacial score (nSPS) is 24.7. The number of Topliss-reactive ketones (excluding diaryl/α,β-unsaturated/α-hetero) is 1. The van der Waals surface area contributed by atoms with Crippen LogP contribution in [-0.4, -0.2) is 40.4 Å². The minimum atomic E-state index is -4.88. The molecule has 2 aromatic carbocycles. The zero-order valence-electron chi connectivity index (χ0n) is 20.5. The Labute approximate surface area is 208 Å². The first-order valence-electron chi connectivity index (χ1n) is 12.0. The van der Waals surface area contributed by atoms with Crippen LogP contribution in [0.4, 0.5) is 18.0 Å². The number of phenols is 1. The number of amides is 1. The van der Waals surface area contributed by atoms with Crippen LogP contribution in [-0.2, 0) is 9.53 Å². The number of rotatable bonds is 3. The first-order chi connectivity index (χ1) is 16.8. The van der Waals surface area contributed by atoms with Gasteiger partial charge in [-0.1, -0.05) is 30.3 Å². The Hall–Kier alpha value is -3.23. The van der Waals surface area contributed by atoms with Crippen LogP contribution in [0, 0.1) is 5.41 Å². The average molecular weight is 506 g/mol. The Kier molecular flexibility index (Phi) is 6.70. The van der Waals surface area contributed by atoms with Crippen molar-refractivity contribution in [1.82, 2.24) is 4.90 Å². The van der Waals surface area contributed by atoms with E-state index in [0.29, 0.717) is 19.4 Å². The molecule has 2 aromatic rings. The number of carbonyl (C=O) groups excluding carboxylic acids is 2. The second-order valence-electron chi connectivity index (χ2n) is 10.5. The highest BCUT2D eigenvalue weighted by atomic mass is 19.4. The first-order valence-corrected chi connectivity index (χ1v) is 12.0. The maximum Gasteiger partial charge on any atom is 0.573 e. The maximum absolute atomic E-state index is 13.7. The fraction of sp³-hybridized carbons (Fsp3) is 0.481. The van der Waals surface area contributed by atoms with Gasteiger partial charge in [0.1, 0.15) is 22.9 Å². The van der Waals surface area contributed by atoms with Crippen LogP contribution in [0.2, 0.25) is 0 Å². The largest absolute Gasteiger partial charge is 0.573 e. The number of aromatic hydroxyl groups is 1. The molecule has 2 aliphatic rings. The number of benzene rings is 2. The number of likely N-dealkylation sites (tertiary alicyclic amines) is 1. The van der Waals surface area contributed by atoms with E-state index >= 15 is 0 Å². The Morgan fingerprint density at radius 2 is 1.81 bits per heavy atom. The standard InChI is InChI=1S/C27H30F3NO5/c1-25(2,3)36-24(34)31-13-7-12-26(23(31)17-8-5-4-6-9-17)16-18(14-22(26)33)20-15-19(10-11-21(20)32)35-27(28,29)30/h4-6,8-11,15,18,23,32H,7,12-14,16H2,1-3H3. The van der Waals surface area contributed by atoms with Crippen LogP contribution in [0.15, 0.2) is 48.5 Å². The fourth-order valence-electron chi connectivity index (χ4n) is 5.62. The summed E-state index contributed by atoms with van der Waals surface area (Å²) in [5.41, 5.74) is -0.678. The van der Waals surface area contributed by atoms with Gasteiger partial charge in [0.15, 0.2) is 0 Å². The summed E-state index contributed by atoms with van der Waals surface area (Å²) < 4.78 is 48.1. The molecule has 3 atom stereocenters. The van der Waals surface area contributed by atoms with E-state index in [-0.39, 0.29) is 29.9 Å². The molecule has 4 rings (SSSR count). The van der Waals surface area contributed by atoms with Gasteiger partial charge in [-0.3, -0.25) is 4.79 Å². The number of nitrogens with zero attached hydrogens (tertiary/aromatic N) is 1. The lowest BCUT2D eigenvalue weighted by Crippen LogP contribution is -2.51. The topological polar surface area (TPSA) is 76.1 Å². The van der Waals surface area contributed by atoms with Gasteiger partial charge >= 0.3 is 12.5 Å². The van der Waals surface area contributed by atoms with Crippen molar-refractivity contribution in [3.63, 3.8) is 0 Å². The summed E-state index contributed by atoms with van der Waals surface area (Å²) in [4.78, 5) is 28.6. The van der Waals surface area contributed by atoms with Crippen LogP contribution in [0.1, 0.15) is 69.5 Å². The molecule has 0 radical (unpaired) electrons. The molecule has 0 aromatic heterocycles. The molecule has 1 heterocycles. The van der Waals surface area contributed by atoms with E-state index in [0.717, 1.165) is 23.8 Å². The van der Waals surface area contributed by atoms with Crippen LogP contribution in [0.25, 0.3) is 0 Å². The summed E-state index contributed by atoms with van der Waals surface area (Å²) in [5.74, 6) is -1.27. The molecule has 1 aliphatic heterocycles. The van der Waals surface area contributed by atoms with E-state index in [2.05, 4.69) is 4.74 Å². The third kappa shape index (κ3) is 5.29. The predicted molar refractivity (Wildman–Crippen MR) is 126 cm³/mol. The summed E-state index contributed by atoms with van der Waals surface area (Å²) in [6.45, 7) is 5.74.